The van der Waals surface area contributed by atoms with Crippen molar-refractivity contribution >= 4 is 35.0 Å². The first kappa shape index (κ1) is 25.5. The lowest BCUT2D eigenvalue weighted by Crippen LogP contribution is -2.47. The Bertz CT molecular complexity index is 1040. The van der Waals surface area contributed by atoms with E-state index in [4.69, 9.17) is 5.73 Å². The van der Waals surface area contributed by atoms with Crippen LogP contribution in [0.2, 0.25) is 0 Å². The van der Waals surface area contributed by atoms with E-state index in [2.05, 4.69) is 46.3 Å². The fraction of sp³-hybridized carbons (Fsp3) is 0.417. The Kier molecular flexibility index (Phi) is 8.89. The van der Waals surface area contributed by atoms with Gasteiger partial charge in [-0.3, -0.25) is 24.6 Å². The Labute approximate surface area is 203 Å². The largest absolute Gasteiger partial charge is 0.369 e. The third-order valence-corrected chi connectivity index (χ3v) is 6.89. The highest BCUT2D eigenvalue weighted by molar-refractivity contribution is 8.00. The number of nitro benzene ring substituents is 1. The molecule has 10 heteroatoms. The first-order chi connectivity index (χ1) is 16.2. The molecule has 0 aromatic heterocycles. The molecule has 2 aromatic carbocycles. The molecule has 2 aromatic rings. The molecule has 1 fully saturated rings. The predicted octanol–water partition coefficient (Wildman–Crippen LogP) is 2.81. The number of nitrogens with zero attached hydrogens (tertiary/aromatic N) is 3. The number of rotatable bonds is 10. The zero-order valence-electron chi connectivity index (χ0n) is 19.5. The molecule has 0 aliphatic carbocycles. The Hall–Kier alpha value is -3.11. The highest BCUT2D eigenvalue weighted by Gasteiger charge is 2.20. The SMILES string of the molecule is Cc1cccc(N2CCN(CCC(C)NC(=O)CSc3ccc(C(N)=O)cc3[N+](=O)[O-])CC2)c1. The number of hydrogen-bond donors (Lipinski definition) is 2. The van der Waals surface area contributed by atoms with Crippen LogP contribution < -0.4 is 16.0 Å². The number of nitrogens with two attached hydrogens (primary N) is 1. The van der Waals surface area contributed by atoms with Crippen LogP contribution in [0.25, 0.3) is 0 Å². The van der Waals surface area contributed by atoms with Gasteiger partial charge in [-0.15, -0.1) is 11.8 Å². The second-order valence-electron chi connectivity index (χ2n) is 8.52. The molecule has 182 valence electrons. The summed E-state index contributed by atoms with van der Waals surface area (Å²) in [5.74, 6) is -0.867. The smallest absolute Gasteiger partial charge is 0.283 e. The minimum atomic E-state index is -0.734. The fourth-order valence-corrected chi connectivity index (χ4v) is 4.71. The standard InChI is InChI=1S/C24H31N5O4S/c1-17-4-3-5-20(14-17)28-12-10-27(11-13-28)9-8-18(2)26-23(30)16-34-22-7-6-19(24(25)31)15-21(22)29(32)33/h3-7,14-15,18H,8-13,16H2,1-2H3,(H2,25,31)(H,26,30). The second-order valence-corrected chi connectivity index (χ2v) is 9.53. The molecule has 9 nitrogen and oxygen atoms in total. The number of benzene rings is 2. The minimum Gasteiger partial charge on any atom is -0.369 e. The summed E-state index contributed by atoms with van der Waals surface area (Å²) in [4.78, 5) is 39.5. The predicted molar refractivity (Wildman–Crippen MR) is 134 cm³/mol. The van der Waals surface area contributed by atoms with Gasteiger partial charge in [0.15, 0.2) is 0 Å². The molecule has 1 aliphatic heterocycles. The van der Waals surface area contributed by atoms with E-state index in [1.165, 1.54) is 23.4 Å². The van der Waals surface area contributed by atoms with Gasteiger partial charge in [0, 0.05) is 56.1 Å². The summed E-state index contributed by atoms with van der Waals surface area (Å²) in [5, 5.41) is 14.3. The van der Waals surface area contributed by atoms with Crippen LogP contribution in [0.15, 0.2) is 47.4 Å². The molecule has 3 N–H and O–H groups in total. The van der Waals surface area contributed by atoms with Gasteiger partial charge >= 0.3 is 0 Å². The van der Waals surface area contributed by atoms with Gasteiger partial charge in [-0.25, -0.2) is 0 Å². The first-order valence-corrected chi connectivity index (χ1v) is 12.3. The van der Waals surface area contributed by atoms with Crippen LogP contribution in [-0.4, -0.2) is 66.2 Å². The van der Waals surface area contributed by atoms with Crippen molar-refractivity contribution in [1.82, 2.24) is 10.2 Å². The number of primary amides is 1. The van der Waals surface area contributed by atoms with Gasteiger partial charge < -0.3 is 16.0 Å². The maximum absolute atomic E-state index is 12.4. The zero-order chi connectivity index (χ0) is 24.7. The summed E-state index contributed by atoms with van der Waals surface area (Å²) < 4.78 is 0. The van der Waals surface area contributed by atoms with Crippen molar-refractivity contribution in [3.05, 3.63) is 63.7 Å². The number of thioether (sulfide) groups is 1. The molecular weight excluding hydrogens is 454 g/mol. The summed E-state index contributed by atoms with van der Waals surface area (Å²) in [6, 6.07) is 12.6. The molecule has 0 radical (unpaired) electrons. The Balaban J connectivity index is 1.40. The van der Waals surface area contributed by atoms with E-state index in [0.29, 0.717) is 4.90 Å². The molecule has 1 atom stereocenters. The molecular formula is C24H31N5O4S. The topological polar surface area (TPSA) is 122 Å². The summed E-state index contributed by atoms with van der Waals surface area (Å²) in [7, 11) is 0. The lowest BCUT2D eigenvalue weighted by Gasteiger charge is -2.36. The third-order valence-electron chi connectivity index (χ3n) is 5.82. The summed E-state index contributed by atoms with van der Waals surface area (Å²) >= 11 is 1.07. The highest BCUT2D eigenvalue weighted by Crippen LogP contribution is 2.30. The maximum Gasteiger partial charge on any atom is 0.283 e. The van der Waals surface area contributed by atoms with E-state index in [9.17, 15) is 19.7 Å². The van der Waals surface area contributed by atoms with Gasteiger partial charge in [0.1, 0.15) is 0 Å². The average Bonchev–Trinajstić information content (AvgIpc) is 2.81. The van der Waals surface area contributed by atoms with E-state index in [0.717, 1.165) is 57.0 Å². The minimum absolute atomic E-state index is 0.00451. The third kappa shape index (κ3) is 7.19. The quantitative estimate of drug-likeness (QED) is 0.301. The summed E-state index contributed by atoms with van der Waals surface area (Å²) in [5.41, 5.74) is 7.56. The molecule has 3 rings (SSSR count). The zero-order valence-corrected chi connectivity index (χ0v) is 20.3. The van der Waals surface area contributed by atoms with Gasteiger partial charge in [0.05, 0.1) is 15.6 Å². The number of amides is 2. The van der Waals surface area contributed by atoms with Gasteiger partial charge in [0.25, 0.3) is 5.69 Å². The Morgan fingerprint density at radius 3 is 2.56 bits per heavy atom. The van der Waals surface area contributed by atoms with Crippen molar-refractivity contribution < 1.29 is 14.5 Å². The fourth-order valence-electron chi connectivity index (χ4n) is 3.90. The summed E-state index contributed by atoms with van der Waals surface area (Å²) in [6.45, 7) is 8.90. The second kappa shape index (κ2) is 11.8. The van der Waals surface area contributed by atoms with Gasteiger partial charge in [-0.1, -0.05) is 12.1 Å². The first-order valence-electron chi connectivity index (χ1n) is 11.3. The number of hydrogen-bond acceptors (Lipinski definition) is 7. The Morgan fingerprint density at radius 2 is 1.91 bits per heavy atom. The van der Waals surface area contributed by atoms with Crippen LogP contribution in [0.3, 0.4) is 0 Å². The number of aryl methyl sites for hydroxylation is 1. The van der Waals surface area contributed by atoms with Gasteiger partial charge in [-0.05, 0) is 50.1 Å². The molecule has 1 saturated heterocycles. The van der Waals surface area contributed by atoms with E-state index >= 15 is 0 Å². The van der Waals surface area contributed by atoms with Crippen LogP contribution in [0.1, 0.15) is 29.3 Å². The molecule has 2 amide bonds. The Morgan fingerprint density at radius 1 is 1.18 bits per heavy atom. The van der Waals surface area contributed by atoms with Crippen LogP contribution in [-0.2, 0) is 4.79 Å². The molecule has 1 aliphatic rings. The number of carbonyl (C=O) groups is 2. The number of nitro groups is 1. The normalized spacial score (nSPS) is 15.1. The van der Waals surface area contributed by atoms with Crippen LogP contribution >= 0.6 is 11.8 Å². The average molecular weight is 486 g/mol. The van der Waals surface area contributed by atoms with E-state index in [1.54, 1.807) is 0 Å². The molecule has 0 spiro atoms. The lowest BCUT2D eigenvalue weighted by molar-refractivity contribution is -0.387. The number of piperazine rings is 1. The molecule has 1 heterocycles. The highest BCUT2D eigenvalue weighted by atomic mass is 32.2. The van der Waals surface area contributed by atoms with Crippen molar-refractivity contribution in [3.8, 4) is 0 Å². The van der Waals surface area contributed by atoms with Crippen molar-refractivity contribution in [1.29, 1.82) is 0 Å². The molecule has 0 bridgehead atoms. The molecule has 1 unspecified atom stereocenters. The maximum atomic E-state index is 12.4. The monoisotopic (exact) mass is 485 g/mol. The van der Waals surface area contributed by atoms with Crippen molar-refractivity contribution in [2.24, 2.45) is 5.73 Å². The van der Waals surface area contributed by atoms with Crippen LogP contribution in [0, 0.1) is 17.0 Å². The van der Waals surface area contributed by atoms with Crippen LogP contribution in [0.5, 0.6) is 0 Å². The van der Waals surface area contributed by atoms with Crippen molar-refractivity contribution in [2.75, 3.05) is 43.4 Å². The van der Waals surface area contributed by atoms with Crippen molar-refractivity contribution in [3.63, 3.8) is 0 Å². The van der Waals surface area contributed by atoms with Gasteiger partial charge in [0.2, 0.25) is 11.8 Å². The number of anilines is 1. The van der Waals surface area contributed by atoms with Crippen LogP contribution in [0.4, 0.5) is 11.4 Å². The van der Waals surface area contributed by atoms with E-state index in [1.807, 2.05) is 6.92 Å². The van der Waals surface area contributed by atoms with E-state index in [-0.39, 0.29) is 29.0 Å². The lowest BCUT2D eigenvalue weighted by atomic mass is 10.1. The van der Waals surface area contributed by atoms with Crippen molar-refractivity contribution in [2.45, 2.75) is 31.2 Å². The number of carbonyl (C=O) groups excluding carboxylic acids is 2. The van der Waals surface area contributed by atoms with Gasteiger partial charge in [-0.2, -0.15) is 0 Å². The van der Waals surface area contributed by atoms with E-state index < -0.39 is 10.8 Å². The summed E-state index contributed by atoms with van der Waals surface area (Å²) in [6.07, 6.45) is 0.828. The molecule has 34 heavy (non-hydrogen) atoms. The number of nitrogens with one attached hydrogen (secondary N) is 1. The molecule has 0 saturated carbocycles.